The number of aromatic nitrogens is 2. The molecule has 0 radical (unpaired) electrons. The average Bonchev–Trinajstić information content (AvgIpc) is 2.55. The topological polar surface area (TPSA) is 47.0 Å². The van der Waals surface area contributed by atoms with Crippen LogP contribution in [0.25, 0.3) is 10.9 Å². The zero-order chi connectivity index (χ0) is 16.2. The summed E-state index contributed by atoms with van der Waals surface area (Å²) in [6.07, 6.45) is 1.47. The number of nitrogens with one attached hydrogen (secondary N) is 1. The Morgan fingerprint density at radius 3 is 2.57 bits per heavy atom. The van der Waals surface area contributed by atoms with Gasteiger partial charge in [0, 0.05) is 10.9 Å². The van der Waals surface area contributed by atoms with E-state index in [-0.39, 0.29) is 11.8 Å². The Morgan fingerprint density at radius 2 is 1.74 bits per heavy atom. The van der Waals surface area contributed by atoms with Crippen molar-refractivity contribution in [3.63, 3.8) is 0 Å². The summed E-state index contributed by atoms with van der Waals surface area (Å²) in [5.41, 5.74) is 1.45. The molecule has 0 aliphatic carbocycles. The minimum absolute atomic E-state index is 0.154. The number of alkyl halides is 2. The molecule has 0 spiro atoms. The Balaban J connectivity index is 1.91. The van der Waals surface area contributed by atoms with Crippen LogP contribution < -0.4 is 10.1 Å². The minimum Gasteiger partial charge on any atom is -0.434 e. The number of fused-ring (bicyclic) bond motifs is 1. The Hall–Kier alpha value is -2.76. The van der Waals surface area contributed by atoms with Crippen LogP contribution in [0.3, 0.4) is 0 Å². The lowest BCUT2D eigenvalue weighted by molar-refractivity contribution is -0.0505. The molecule has 3 aromatic rings. The van der Waals surface area contributed by atoms with Crippen LogP contribution in [0.2, 0.25) is 0 Å². The summed E-state index contributed by atoms with van der Waals surface area (Å²) < 4.78 is 29.7. The first kappa shape index (κ1) is 15.1. The molecule has 0 unspecified atom stereocenters. The first-order chi connectivity index (χ1) is 11.1. The van der Waals surface area contributed by atoms with Gasteiger partial charge >= 0.3 is 6.61 Å². The second kappa shape index (κ2) is 6.56. The van der Waals surface area contributed by atoms with Gasteiger partial charge in [-0.25, -0.2) is 9.97 Å². The van der Waals surface area contributed by atoms with Crippen LogP contribution >= 0.6 is 0 Å². The monoisotopic (exact) mass is 315 g/mol. The summed E-state index contributed by atoms with van der Waals surface area (Å²) in [6.45, 7) is -0.993. The second-order valence-electron chi connectivity index (χ2n) is 5.02. The summed E-state index contributed by atoms with van der Waals surface area (Å²) in [5.74, 6) is 0.802. The number of halogens is 2. The van der Waals surface area contributed by atoms with Gasteiger partial charge in [-0.15, -0.1) is 0 Å². The molecule has 2 aromatic carbocycles. The predicted octanol–water partition coefficient (Wildman–Crippen LogP) is 4.40. The van der Waals surface area contributed by atoms with Gasteiger partial charge in [0.15, 0.2) is 0 Å². The molecule has 1 atom stereocenters. The first-order valence-electron chi connectivity index (χ1n) is 7.15. The Kier molecular flexibility index (Phi) is 4.32. The van der Waals surface area contributed by atoms with Gasteiger partial charge < -0.3 is 10.1 Å². The molecule has 0 aliphatic heterocycles. The van der Waals surface area contributed by atoms with Gasteiger partial charge in [-0.3, -0.25) is 0 Å². The molecule has 118 valence electrons. The fourth-order valence-electron chi connectivity index (χ4n) is 2.44. The van der Waals surface area contributed by atoms with Gasteiger partial charge in [0.2, 0.25) is 0 Å². The molecule has 23 heavy (non-hydrogen) atoms. The summed E-state index contributed by atoms with van der Waals surface area (Å²) in [7, 11) is 0. The molecule has 1 N–H and O–H groups in total. The van der Waals surface area contributed by atoms with Crippen molar-refractivity contribution in [2.75, 3.05) is 5.32 Å². The van der Waals surface area contributed by atoms with Gasteiger partial charge in [0.05, 0.1) is 11.6 Å². The number of rotatable bonds is 5. The molecule has 6 heteroatoms. The highest BCUT2D eigenvalue weighted by Crippen LogP contribution is 2.30. The van der Waals surface area contributed by atoms with Crippen LogP contribution in [0.15, 0.2) is 54.9 Å². The van der Waals surface area contributed by atoms with Gasteiger partial charge in [0.1, 0.15) is 17.9 Å². The van der Waals surface area contributed by atoms with E-state index in [1.807, 2.05) is 31.2 Å². The van der Waals surface area contributed by atoms with Crippen molar-refractivity contribution in [2.45, 2.75) is 19.6 Å². The van der Waals surface area contributed by atoms with Gasteiger partial charge in [0.25, 0.3) is 0 Å². The van der Waals surface area contributed by atoms with Gasteiger partial charge in [-0.1, -0.05) is 30.3 Å². The van der Waals surface area contributed by atoms with Crippen molar-refractivity contribution >= 4 is 16.7 Å². The highest BCUT2D eigenvalue weighted by atomic mass is 19.3. The predicted molar refractivity (Wildman–Crippen MR) is 84.6 cm³/mol. The molecule has 0 aliphatic rings. The van der Waals surface area contributed by atoms with E-state index in [9.17, 15) is 8.78 Å². The molecular weight excluding hydrogens is 300 g/mol. The first-order valence-corrected chi connectivity index (χ1v) is 7.15. The minimum atomic E-state index is -2.86. The molecule has 0 fully saturated rings. The zero-order valence-corrected chi connectivity index (χ0v) is 12.4. The third-order valence-corrected chi connectivity index (χ3v) is 3.50. The van der Waals surface area contributed by atoms with E-state index >= 15 is 0 Å². The molecule has 1 aromatic heterocycles. The Labute approximate surface area is 132 Å². The Bertz CT molecular complexity index is 805. The molecule has 4 nitrogen and oxygen atoms in total. The third kappa shape index (κ3) is 3.36. The van der Waals surface area contributed by atoms with Crippen LogP contribution in [0.1, 0.15) is 18.5 Å². The van der Waals surface area contributed by atoms with Crippen molar-refractivity contribution in [3.05, 3.63) is 60.4 Å². The van der Waals surface area contributed by atoms with Crippen molar-refractivity contribution in [1.82, 2.24) is 9.97 Å². The molecular formula is C17H15F2N3O. The maximum atomic E-state index is 12.5. The summed E-state index contributed by atoms with van der Waals surface area (Å²) in [6, 6.07) is 14.0. The fourth-order valence-corrected chi connectivity index (χ4v) is 2.44. The van der Waals surface area contributed by atoms with E-state index in [1.165, 1.54) is 12.4 Å². The summed E-state index contributed by atoms with van der Waals surface area (Å²) in [4.78, 5) is 8.46. The Morgan fingerprint density at radius 1 is 1.00 bits per heavy atom. The maximum absolute atomic E-state index is 12.5. The standard InChI is InChI=1S/C17H15F2N3O/c1-11(12-6-3-5-9-15(12)23-17(18)19)22-16-13-7-2-4-8-14(13)20-10-21-16/h2-11,17H,1H3,(H,20,21,22)/t11-/m1/s1. The molecule has 0 saturated carbocycles. The number of hydrogen-bond acceptors (Lipinski definition) is 4. The SMILES string of the molecule is C[C@@H](Nc1ncnc2ccccc12)c1ccccc1OC(F)F. The van der Waals surface area contributed by atoms with Crippen molar-refractivity contribution in [3.8, 4) is 5.75 Å². The van der Waals surface area contributed by atoms with E-state index in [0.717, 1.165) is 10.9 Å². The zero-order valence-electron chi connectivity index (χ0n) is 12.4. The normalized spacial score (nSPS) is 12.3. The number of para-hydroxylation sites is 2. The molecule has 0 saturated heterocycles. The molecule has 0 amide bonds. The van der Waals surface area contributed by atoms with E-state index in [1.54, 1.807) is 18.2 Å². The molecule has 1 heterocycles. The maximum Gasteiger partial charge on any atom is 0.387 e. The lowest BCUT2D eigenvalue weighted by Gasteiger charge is -2.19. The summed E-state index contributed by atoms with van der Waals surface area (Å²) >= 11 is 0. The third-order valence-electron chi connectivity index (χ3n) is 3.50. The molecule has 3 rings (SSSR count). The largest absolute Gasteiger partial charge is 0.434 e. The van der Waals surface area contributed by atoms with Gasteiger partial charge in [-0.05, 0) is 25.1 Å². The summed E-state index contributed by atoms with van der Waals surface area (Å²) in [5, 5.41) is 4.11. The van der Waals surface area contributed by atoms with Crippen LogP contribution in [-0.4, -0.2) is 16.6 Å². The fraction of sp³-hybridized carbons (Fsp3) is 0.176. The van der Waals surface area contributed by atoms with Crippen LogP contribution in [-0.2, 0) is 0 Å². The van der Waals surface area contributed by atoms with E-state index in [2.05, 4.69) is 20.0 Å². The van der Waals surface area contributed by atoms with Crippen molar-refractivity contribution < 1.29 is 13.5 Å². The highest BCUT2D eigenvalue weighted by molar-refractivity contribution is 5.88. The number of nitrogens with zero attached hydrogens (tertiary/aromatic N) is 2. The van der Waals surface area contributed by atoms with Gasteiger partial charge in [-0.2, -0.15) is 8.78 Å². The van der Waals surface area contributed by atoms with E-state index < -0.39 is 6.61 Å². The molecule has 0 bridgehead atoms. The van der Waals surface area contributed by atoms with Crippen LogP contribution in [0.4, 0.5) is 14.6 Å². The average molecular weight is 315 g/mol. The quantitative estimate of drug-likeness (QED) is 0.758. The van der Waals surface area contributed by atoms with Crippen molar-refractivity contribution in [2.24, 2.45) is 0 Å². The number of ether oxygens (including phenoxy) is 1. The van der Waals surface area contributed by atoms with E-state index in [0.29, 0.717) is 11.4 Å². The van der Waals surface area contributed by atoms with Crippen molar-refractivity contribution in [1.29, 1.82) is 0 Å². The second-order valence-corrected chi connectivity index (χ2v) is 5.02. The lowest BCUT2D eigenvalue weighted by atomic mass is 10.1. The lowest BCUT2D eigenvalue weighted by Crippen LogP contribution is -2.12. The van der Waals surface area contributed by atoms with Crippen LogP contribution in [0, 0.1) is 0 Å². The number of benzene rings is 2. The number of hydrogen-bond donors (Lipinski definition) is 1. The smallest absolute Gasteiger partial charge is 0.387 e. The van der Waals surface area contributed by atoms with Crippen LogP contribution in [0.5, 0.6) is 5.75 Å². The highest BCUT2D eigenvalue weighted by Gasteiger charge is 2.15. The van der Waals surface area contributed by atoms with E-state index in [4.69, 9.17) is 0 Å². The number of anilines is 1.